The summed E-state index contributed by atoms with van der Waals surface area (Å²) in [6.45, 7) is 1.30. The monoisotopic (exact) mass is 338 g/mol. The number of alkyl halides is 3. The maximum Gasteiger partial charge on any atom is 0.417 e. The molecule has 24 heavy (non-hydrogen) atoms. The molecule has 0 bridgehead atoms. The van der Waals surface area contributed by atoms with Crippen LogP contribution in [0.1, 0.15) is 28.4 Å². The van der Waals surface area contributed by atoms with E-state index >= 15 is 0 Å². The number of carboxylic acid groups (broad SMARTS) is 1. The summed E-state index contributed by atoms with van der Waals surface area (Å²) < 4.78 is 44.2. The van der Waals surface area contributed by atoms with Crippen LogP contribution >= 0.6 is 0 Å². The van der Waals surface area contributed by atoms with Gasteiger partial charge >= 0.3 is 12.1 Å². The zero-order valence-corrected chi connectivity index (χ0v) is 12.5. The van der Waals surface area contributed by atoms with Crippen LogP contribution in [0.4, 0.5) is 13.2 Å². The molecule has 0 aliphatic carbocycles. The van der Waals surface area contributed by atoms with E-state index in [-0.39, 0.29) is 11.3 Å². The molecule has 0 heterocycles. The molecule has 0 saturated carbocycles. The maximum absolute atomic E-state index is 13.0. The Bertz CT molecular complexity index is 768. The van der Waals surface area contributed by atoms with Crippen LogP contribution in [0.3, 0.4) is 0 Å². The number of ketones is 1. The van der Waals surface area contributed by atoms with E-state index in [1.54, 1.807) is 0 Å². The normalized spacial score (nSPS) is 12.5. The third-order valence-corrected chi connectivity index (χ3v) is 3.23. The van der Waals surface area contributed by atoms with Crippen LogP contribution < -0.4 is 4.74 Å². The summed E-state index contributed by atoms with van der Waals surface area (Å²) in [5.74, 6) is -1.94. The molecule has 7 heteroatoms. The van der Waals surface area contributed by atoms with E-state index in [9.17, 15) is 22.8 Å². The van der Waals surface area contributed by atoms with Gasteiger partial charge in [0.1, 0.15) is 5.75 Å². The molecule has 0 aliphatic heterocycles. The summed E-state index contributed by atoms with van der Waals surface area (Å²) in [6.07, 6.45) is -5.81. The van der Waals surface area contributed by atoms with Crippen molar-refractivity contribution in [3.63, 3.8) is 0 Å². The van der Waals surface area contributed by atoms with Gasteiger partial charge in [-0.2, -0.15) is 13.2 Å². The molecular weight excluding hydrogens is 325 g/mol. The van der Waals surface area contributed by atoms with Gasteiger partial charge in [-0.25, -0.2) is 4.79 Å². The van der Waals surface area contributed by atoms with Crippen molar-refractivity contribution in [2.24, 2.45) is 0 Å². The number of carbonyl (C=O) groups is 2. The lowest BCUT2D eigenvalue weighted by Crippen LogP contribution is -2.23. The molecule has 0 radical (unpaired) electrons. The first-order valence-corrected chi connectivity index (χ1v) is 6.90. The number of carboxylic acids is 1. The Balaban J connectivity index is 2.37. The van der Waals surface area contributed by atoms with Crippen LogP contribution in [0.5, 0.6) is 5.75 Å². The molecule has 2 aromatic rings. The molecule has 0 aromatic heterocycles. The van der Waals surface area contributed by atoms with E-state index in [1.165, 1.54) is 43.3 Å². The van der Waals surface area contributed by atoms with Crippen molar-refractivity contribution >= 4 is 11.8 Å². The van der Waals surface area contributed by atoms with Crippen molar-refractivity contribution in [2.75, 3.05) is 0 Å². The lowest BCUT2D eigenvalue weighted by molar-refractivity contribution is -0.144. The predicted molar refractivity (Wildman–Crippen MR) is 79.0 cm³/mol. The minimum atomic E-state index is -4.65. The molecule has 1 N–H and O–H groups in total. The molecule has 2 aromatic carbocycles. The minimum absolute atomic E-state index is 0.0261. The summed E-state index contributed by atoms with van der Waals surface area (Å²) in [7, 11) is 0. The van der Waals surface area contributed by atoms with Gasteiger partial charge in [0, 0.05) is 11.1 Å². The third-order valence-electron chi connectivity index (χ3n) is 3.23. The Hall–Kier alpha value is -2.83. The van der Waals surface area contributed by atoms with Crippen LogP contribution in [0, 0.1) is 0 Å². The zero-order valence-electron chi connectivity index (χ0n) is 12.5. The molecule has 1 atom stereocenters. The SMILES string of the molecule is CC(Oc1cccc(C(=O)c2ccccc2C(F)(F)F)c1)C(=O)O. The number of carbonyl (C=O) groups excluding carboxylic acids is 1. The van der Waals surface area contributed by atoms with Crippen LogP contribution in [0.25, 0.3) is 0 Å². The van der Waals surface area contributed by atoms with Gasteiger partial charge in [-0.1, -0.05) is 30.3 Å². The Morgan fingerprint density at radius 1 is 1.08 bits per heavy atom. The first-order valence-electron chi connectivity index (χ1n) is 6.90. The van der Waals surface area contributed by atoms with Crippen LogP contribution in [-0.4, -0.2) is 23.0 Å². The minimum Gasteiger partial charge on any atom is -0.479 e. The van der Waals surface area contributed by atoms with Crippen molar-refractivity contribution in [3.8, 4) is 5.75 Å². The van der Waals surface area contributed by atoms with Crippen LogP contribution in [-0.2, 0) is 11.0 Å². The number of aliphatic carboxylic acids is 1. The fraction of sp³-hybridized carbons (Fsp3) is 0.176. The average Bonchev–Trinajstić information content (AvgIpc) is 2.53. The highest BCUT2D eigenvalue weighted by molar-refractivity contribution is 6.10. The Morgan fingerprint density at radius 3 is 2.38 bits per heavy atom. The highest BCUT2D eigenvalue weighted by Crippen LogP contribution is 2.33. The molecule has 0 amide bonds. The Labute approximate surface area is 135 Å². The second-order valence-electron chi connectivity index (χ2n) is 5.00. The summed E-state index contributed by atoms with van der Waals surface area (Å²) in [4.78, 5) is 23.2. The molecule has 4 nitrogen and oxygen atoms in total. The average molecular weight is 338 g/mol. The van der Waals surface area contributed by atoms with Crippen molar-refractivity contribution in [3.05, 3.63) is 65.2 Å². The van der Waals surface area contributed by atoms with Crippen molar-refractivity contribution < 1.29 is 32.6 Å². The van der Waals surface area contributed by atoms with Gasteiger partial charge in [0.15, 0.2) is 11.9 Å². The van der Waals surface area contributed by atoms with E-state index < -0.39 is 35.2 Å². The van der Waals surface area contributed by atoms with E-state index in [0.29, 0.717) is 0 Å². The summed E-state index contributed by atoms with van der Waals surface area (Å²) >= 11 is 0. The smallest absolute Gasteiger partial charge is 0.417 e. The third kappa shape index (κ3) is 3.92. The van der Waals surface area contributed by atoms with E-state index in [4.69, 9.17) is 9.84 Å². The number of halogens is 3. The van der Waals surface area contributed by atoms with E-state index in [0.717, 1.165) is 12.1 Å². The van der Waals surface area contributed by atoms with Gasteiger partial charge in [-0.3, -0.25) is 4.79 Å². The lowest BCUT2D eigenvalue weighted by atomic mass is 9.98. The lowest BCUT2D eigenvalue weighted by Gasteiger charge is -2.13. The van der Waals surface area contributed by atoms with Gasteiger partial charge in [0.05, 0.1) is 5.56 Å². The van der Waals surface area contributed by atoms with E-state index in [1.807, 2.05) is 0 Å². The van der Waals surface area contributed by atoms with Crippen molar-refractivity contribution in [2.45, 2.75) is 19.2 Å². The topological polar surface area (TPSA) is 63.6 Å². The molecule has 2 rings (SSSR count). The number of hydrogen-bond acceptors (Lipinski definition) is 3. The molecule has 0 spiro atoms. The number of rotatable bonds is 5. The fourth-order valence-electron chi connectivity index (χ4n) is 2.05. The molecule has 126 valence electrons. The standard InChI is InChI=1S/C17H13F3O4/c1-10(16(22)23)24-12-6-4-5-11(9-12)15(21)13-7-2-3-8-14(13)17(18,19)20/h2-10H,1H3,(H,22,23). The second kappa shape index (κ2) is 6.74. The van der Waals surface area contributed by atoms with Crippen molar-refractivity contribution in [1.29, 1.82) is 0 Å². The first kappa shape index (κ1) is 17.5. The van der Waals surface area contributed by atoms with E-state index in [2.05, 4.69) is 0 Å². The van der Waals surface area contributed by atoms with Crippen molar-refractivity contribution in [1.82, 2.24) is 0 Å². The number of hydrogen-bond donors (Lipinski definition) is 1. The molecule has 0 fully saturated rings. The largest absolute Gasteiger partial charge is 0.479 e. The molecular formula is C17H13F3O4. The quantitative estimate of drug-likeness (QED) is 0.843. The fourth-order valence-corrected chi connectivity index (χ4v) is 2.05. The summed E-state index contributed by atoms with van der Waals surface area (Å²) in [6, 6.07) is 9.86. The van der Waals surface area contributed by atoms with Gasteiger partial charge in [-0.05, 0) is 25.1 Å². The highest BCUT2D eigenvalue weighted by atomic mass is 19.4. The molecule has 1 unspecified atom stereocenters. The number of ether oxygens (including phenoxy) is 1. The molecule has 0 aliphatic rings. The Morgan fingerprint density at radius 2 is 1.75 bits per heavy atom. The zero-order chi connectivity index (χ0) is 17.9. The summed E-state index contributed by atoms with van der Waals surface area (Å²) in [5, 5.41) is 8.81. The highest BCUT2D eigenvalue weighted by Gasteiger charge is 2.35. The van der Waals surface area contributed by atoms with Crippen LogP contribution in [0.2, 0.25) is 0 Å². The number of benzene rings is 2. The first-order chi connectivity index (χ1) is 11.2. The predicted octanol–water partition coefficient (Wildman–Crippen LogP) is 3.79. The van der Waals surface area contributed by atoms with Crippen LogP contribution in [0.15, 0.2) is 48.5 Å². The van der Waals surface area contributed by atoms with Gasteiger partial charge in [0.25, 0.3) is 0 Å². The molecule has 0 saturated heterocycles. The van der Waals surface area contributed by atoms with Gasteiger partial charge in [-0.15, -0.1) is 0 Å². The van der Waals surface area contributed by atoms with Gasteiger partial charge in [0.2, 0.25) is 0 Å². The second-order valence-corrected chi connectivity index (χ2v) is 5.00. The van der Waals surface area contributed by atoms with Gasteiger partial charge < -0.3 is 9.84 Å². The Kier molecular flexibility index (Phi) is 4.92. The summed E-state index contributed by atoms with van der Waals surface area (Å²) in [5.41, 5.74) is -1.53. The maximum atomic E-state index is 13.0.